The molecular formula is C19H30N6O5S. The smallest absolute Gasteiger partial charge is 0.405 e. The maximum Gasteiger partial charge on any atom is 0.405 e. The molecule has 0 saturated carbocycles. The highest BCUT2D eigenvalue weighted by atomic mass is 32.2. The van der Waals surface area contributed by atoms with Crippen molar-refractivity contribution in [3.63, 3.8) is 0 Å². The second kappa shape index (κ2) is 11.5. The molecule has 12 heteroatoms. The highest BCUT2D eigenvalue weighted by Crippen LogP contribution is 2.19. The van der Waals surface area contributed by atoms with Gasteiger partial charge in [-0.05, 0) is 24.8 Å². The normalized spacial score (nSPS) is 17.2. The van der Waals surface area contributed by atoms with E-state index in [1.165, 1.54) is 0 Å². The molecule has 1 aromatic rings. The molecule has 0 aliphatic carbocycles. The molecule has 1 aliphatic heterocycles. The van der Waals surface area contributed by atoms with E-state index in [2.05, 4.69) is 15.0 Å². The van der Waals surface area contributed by atoms with Gasteiger partial charge in [-0.2, -0.15) is 0 Å². The zero-order chi connectivity index (χ0) is 22.9. The van der Waals surface area contributed by atoms with Gasteiger partial charge in [0, 0.05) is 32.1 Å². The van der Waals surface area contributed by atoms with E-state index >= 15 is 0 Å². The lowest BCUT2D eigenvalue weighted by atomic mass is 10.0. The van der Waals surface area contributed by atoms with Crippen LogP contribution in [0.2, 0.25) is 0 Å². The van der Waals surface area contributed by atoms with Gasteiger partial charge < -0.3 is 26.8 Å². The lowest BCUT2D eigenvalue weighted by Crippen LogP contribution is -2.52. The molecule has 0 bridgehead atoms. The fourth-order valence-corrected chi connectivity index (χ4v) is 4.60. The number of carbonyl (C=O) groups excluding carboxylic acids is 1. The summed E-state index contributed by atoms with van der Waals surface area (Å²) < 4.78 is 27.0. The first-order valence-electron chi connectivity index (χ1n) is 10.0. The number of rotatable bonds is 11. The zero-order valence-corrected chi connectivity index (χ0v) is 18.1. The minimum Gasteiger partial charge on any atom is -0.465 e. The van der Waals surface area contributed by atoms with Gasteiger partial charge >= 0.3 is 6.09 Å². The first-order valence-corrected chi connectivity index (χ1v) is 11.7. The monoisotopic (exact) mass is 454 g/mol. The number of hydrogen-bond donors (Lipinski definition) is 5. The molecule has 0 spiro atoms. The molecule has 1 saturated heterocycles. The van der Waals surface area contributed by atoms with Crippen LogP contribution in [0.5, 0.6) is 0 Å². The Balaban J connectivity index is 1.97. The zero-order valence-electron chi connectivity index (χ0n) is 17.2. The third-order valence-electron chi connectivity index (χ3n) is 4.94. The van der Waals surface area contributed by atoms with E-state index in [9.17, 15) is 18.0 Å². The molecular weight excluding hydrogens is 424 g/mol. The van der Waals surface area contributed by atoms with E-state index in [4.69, 9.17) is 16.6 Å². The number of carboxylic acid groups (broad SMARTS) is 1. The van der Waals surface area contributed by atoms with Gasteiger partial charge in [-0.15, -0.1) is 0 Å². The molecule has 7 N–H and O–H groups in total. The third-order valence-corrected chi connectivity index (χ3v) is 6.38. The van der Waals surface area contributed by atoms with Crippen molar-refractivity contribution in [1.29, 1.82) is 0 Å². The summed E-state index contributed by atoms with van der Waals surface area (Å²) in [6.07, 6.45) is 0.543. The van der Waals surface area contributed by atoms with Gasteiger partial charge in [0.15, 0.2) is 5.96 Å². The quantitative estimate of drug-likeness (QED) is 0.169. The number of aliphatic imine (C=N–C) groups is 1. The highest BCUT2D eigenvalue weighted by Gasteiger charge is 2.34. The number of sulfonamides is 1. The van der Waals surface area contributed by atoms with Crippen LogP contribution >= 0.6 is 0 Å². The van der Waals surface area contributed by atoms with Crippen LogP contribution in [0.25, 0.3) is 0 Å². The van der Waals surface area contributed by atoms with Crippen LogP contribution in [0.15, 0.2) is 35.3 Å². The summed E-state index contributed by atoms with van der Waals surface area (Å²) in [6, 6.07) is 7.83. The van der Waals surface area contributed by atoms with Crippen LogP contribution in [-0.2, 0) is 21.2 Å². The third kappa shape index (κ3) is 8.42. The SMILES string of the molecule is NC(N)=NCCCS(=O)(=O)NC[C@@H]1CCCN1C(=O)[C@@H](Cc1ccccc1)NC(=O)O. The van der Waals surface area contributed by atoms with Gasteiger partial charge in [0.05, 0.1) is 5.75 Å². The Labute approximate surface area is 181 Å². The number of amides is 2. The number of nitrogens with zero attached hydrogens (tertiary/aromatic N) is 2. The van der Waals surface area contributed by atoms with Crippen molar-refractivity contribution in [1.82, 2.24) is 14.9 Å². The molecule has 0 unspecified atom stereocenters. The summed E-state index contributed by atoms with van der Waals surface area (Å²) in [4.78, 5) is 29.6. The number of likely N-dealkylation sites (tertiary alicyclic amines) is 1. The fourth-order valence-electron chi connectivity index (χ4n) is 3.50. The number of nitrogens with one attached hydrogen (secondary N) is 2. The van der Waals surface area contributed by atoms with Gasteiger partial charge in [0.1, 0.15) is 6.04 Å². The molecule has 0 aromatic heterocycles. The average Bonchev–Trinajstić information content (AvgIpc) is 3.18. The van der Waals surface area contributed by atoms with E-state index in [-0.39, 0.29) is 49.6 Å². The largest absolute Gasteiger partial charge is 0.465 e. The summed E-state index contributed by atoms with van der Waals surface area (Å²) in [5.74, 6) is -0.590. The number of carbonyl (C=O) groups is 2. The van der Waals surface area contributed by atoms with Crippen molar-refractivity contribution in [2.24, 2.45) is 16.5 Å². The van der Waals surface area contributed by atoms with E-state index < -0.39 is 22.2 Å². The Morgan fingerprint density at radius 2 is 1.97 bits per heavy atom. The van der Waals surface area contributed by atoms with Gasteiger partial charge in [0.2, 0.25) is 15.9 Å². The molecule has 1 fully saturated rings. The first kappa shape index (κ1) is 24.4. The Morgan fingerprint density at radius 3 is 2.61 bits per heavy atom. The van der Waals surface area contributed by atoms with Crippen molar-refractivity contribution >= 4 is 28.0 Å². The molecule has 11 nitrogen and oxygen atoms in total. The summed E-state index contributed by atoms with van der Waals surface area (Å²) in [6.45, 7) is 0.725. The second-order valence-electron chi connectivity index (χ2n) is 7.35. The molecule has 2 atom stereocenters. The predicted octanol–water partition coefficient (Wildman–Crippen LogP) is -0.561. The van der Waals surface area contributed by atoms with Crippen LogP contribution < -0.4 is 21.5 Å². The minimum atomic E-state index is -3.55. The van der Waals surface area contributed by atoms with E-state index in [0.29, 0.717) is 19.4 Å². The van der Waals surface area contributed by atoms with Gasteiger partial charge in [-0.25, -0.2) is 17.9 Å². The summed E-state index contributed by atoms with van der Waals surface area (Å²) in [5.41, 5.74) is 11.3. The predicted molar refractivity (Wildman–Crippen MR) is 117 cm³/mol. The molecule has 2 rings (SSSR count). The Kier molecular flexibility index (Phi) is 9.06. The van der Waals surface area contributed by atoms with Crippen molar-refractivity contribution in [2.45, 2.75) is 37.8 Å². The van der Waals surface area contributed by atoms with Gasteiger partial charge in [-0.1, -0.05) is 30.3 Å². The number of guanidine groups is 1. The molecule has 1 heterocycles. The number of hydrogen-bond acceptors (Lipinski definition) is 5. The van der Waals surface area contributed by atoms with Crippen LogP contribution in [0.4, 0.5) is 4.79 Å². The number of benzene rings is 1. The summed E-state index contributed by atoms with van der Waals surface area (Å²) >= 11 is 0. The van der Waals surface area contributed by atoms with E-state index in [1.54, 1.807) is 4.90 Å². The lowest BCUT2D eigenvalue weighted by molar-refractivity contribution is -0.134. The van der Waals surface area contributed by atoms with Crippen LogP contribution in [0.3, 0.4) is 0 Å². The summed E-state index contributed by atoms with van der Waals surface area (Å²) in [7, 11) is -3.55. The van der Waals surface area contributed by atoms with Crippen LogP contribution in [0, 0.1) is 0 Å². The van der Waals surface area contributed by atoms with Crippen molar-refractivity contribution in [3.05, 3.63) is 35.9 Å². The van der Waals surface area contributed by atoms with Crippen LogP contribution in [-0.4, -0.2) is 73.9 Å². The Bertz CT molecular complexity index is 873. The topological polar surface area (TPSA) is 180 Å². The maximum atomic E-state index is 13.1. The summed E-state index contributed by atoms with van der Waals surface area (Å²) in [5, 5.41) is 11.5. The Morgan fingerprint density at radius 1 is 1.26 bits per heavy atom. The molecule has 0 radical (unpaired) electrons. The van der Waals surface area contributed by atoms with Crippen molar-refractivity contribution < 1.29 is 23.1 Å². The Hall–Kier alpha value is -2.86. The molecule has 1 aromatic carbocycles. The van der Waals surface area contributed by atoms with Crippen molar-refractivity contribution in [2.75, 3.05) is 25.4 Å². The maximum absolute atomic E-state index is 13.1. The second-order valence-corrected chi connectivity index (χ2v) is 9.27. The minimum absolute atomic E-state index is 0.0709. The van der Waals surface area contributed by atoms with Crippen LogP contribution in [0.1, 0.15) is 24.8 Å². The first-order chi connectivity index (χ1) is 14.7. The molecule has 1 aliphatic rings. The molecule has 172 valence electrons. The number of nitrogens with two attached hydrogens (primary N) is 2. The highest BCUT2D eigenvalue weighted by molar-refractivity contribution is 7.89. The standard InChI is InChI=1S/C19H30N6O5S/c20-18(21)22-9-5-11-31(29,30)23-13-15-8-4-10-25(15)17(26)16(24-19(27)28)12-14-6-2-1-3-7-14/h1-3,6-7,15-16,23-24H,4-5,8-13H2,(H,27,28)(H4,20,21,22)/t15-,16+/m0/s1. The van der Waals surface area contributed by atoms with Gasteiger partial charge in [-0.3, -0.25) is 9.79 Å². The van der Waals surface area contributed by atoms with Gasteiger partial charge in [0.25, 0.3) is 0 Å². The van der Waals surface area contributed by atoms with E-state index in [0.717, 1.165) is 5.56 Å². The molecule has 2 amide bonds. The average molecular weight is 455 g/mol. The fraction of sp³-hybridized carbons (Fsp3) is 0.526. The van der Waals surface area contributed by atoms with Crippen molar-refractivity contribution in [3.8, 4) is 0 Å². The van der Waals surface area contributed by atoms with E-state index in [1.807, 2.05) is 30.3 Å². The molecule has 31 heavy (non-hydrogen) atoms. The lowest BCUT2D eigenvalue weighted by Gasteiger charge is -2.29.